The molecule has 0 fully saturated rings. The molecule has 0 saturated carbocycles. The first kappa shape index (κ1) is 11.9. The van der Waals surface area contributed by atoms with Crippen LogP contribution in [-0.4, -0.2) is 35.7 Å². The van der Waals surface area contributed by atoms with Crippen LogP contribution in [0.4, 0.5) is 0 Å². The number of pyridine rings is 1. The summed E-state index contributed by atoms with van der Waals surface area (Å²) in [5.41, 5.74) is 0.888. The number of aromatic nitrogens is 6. The topological polar surface area (TPSA) is 72.3 Å². The number of aromatic amines is 1. The van der Waals surface area contributed by atoms with Gasteiger partial charge in [0.15, 0.2) is 5.82 Å². The number of aryl methyl sites for hydroxylation is 1. The molecule has 0 bridgehead atoms. The smallest absolute Gasteiger partial charge is 0.158 e. The van der Waals surface area contributed by atoms with Crippen LogP contribution in [0.15, 0.2) is 48.0 Å². The van der Waals surface area contributed by atoms with Gasteiger partial charge >= 0.3 is 0 Å². The first-order valence-electron chi connectivity index (χ1n) is 5.84. The van der Waals surface area contributed by atoms with Gasteiger partial charge in [0, 0.05) is 30.9 Å². The van der Waals surface area contributed by atoms with E-state index in [2.05, 4.69) is 29.9 Å². The second-order valence-electron chi connectivity index (χ2n) is 3.82. The minimum atomic E-state index is 0.851. The van der Waals surface area contributed by atoms with Crippen LogP contribution in [0.1, 0.15) is 0 Å². The van der Waals surface area contributed by atoms with Crippen LogP contribution in [0.2, 0.25) is 0 Å². The molecule has 0 aromatic carbocycles. The number of hydrogen-bond acceptors (Lipinski definition) is 5. The summed E-state index contributed by atoms with van der Waals surface area (Å²) in [6, 6.07) is 5.83. The van der Waals surface area contributed by atoms with Crippen molar-refractivity contribution in [3.05, 3.63) is 43.0 Å². The maximum Gasteiger partial charge on any atom is 0.158 e. The number of imidazole rings is 1. The van der Waals surface area contributed by atoms with Gasteiger partial charge in [0.2, 0.25) is 0 Å². The predicted molar refractivity (Wildman–Crippen MR) is 72.6 cm³/mol. The molecule has 3 aromatic rings. The molecule has 96 valence electrons. The molecular weight excluding hydrogens is 260 g/mol. The minimum absolute atomic E-state index is 0.851. The zero-order chi connectivity index (χ0) is 12.9. The average Bonchev–Trinajstić information content (AvgIpc) is 3.11. The molecule has 0 atom stereocenters. The molecule has 1 N–H and O–H groups in total. The molecule has 0 unspecified atom stereocenters. The van der Waals surface area contributed by atoms with Crippen molar-refractivity contribution in [3.8, 4) is 11.5 Å². The highest BCUT2D eigenvalue weighted by molar-refractivity contribution is 7.99. The Morgan fingerprint density at radius 3 is 3.00 bits per heavy atom. The third kappa shape index (κ3) is 2.82. The summed E-state index contributed by atoms with van der Waals surface area (Å²) in [6.45, 7) is 0.851. The highest BCUT2D eigenvalue weighted by Crippen LogP contribution is 2.17. The third-order valence-electron chi connectivity index (χ3n) is 2.58. The van der Waals surface area contributed by atoms with Crippen molar-refractivity contribution >= 4 is 11.8 Å². The Kier molecular flexibility index (Phi) is 3.55. The van der Waals surface area contributed by atoms with E-state index in [1.807, 2.05) is 24.4 Å². The number of thioether (sulfide) groups is 1. The Morgan fingerprint density at radius 1 is 1.21 bits per heavy atom. The van der Waals surface area contributed by atoms with Crippen molar-refractivity contribution in [3.63, 3.8) is 0 Å². The molecule has 0 aliphatic heterocycles. The van der Waals surface area contributed by atoms with Crippen LogP contribution in [0, 0.1) is 0 Å². The molecular formula is C12H12N6S. The highest BCUT2D eigenvalue weighted by atomic mass is 32.2. The number of nitrogens with zero attached hydrogens (tertiary/aromatic N) is 5. The van der Waals surface area contributed by atoms with Crippen LogP contribution in [0.5, 0.6) is 0 Å². The van der Waals surface area contributed by atoms with E-state index < -0.39 is 0 Å². The monoisotopic (exact) mass is 272 g/mol. The van der Waals surface area contributed by atoms with Gasteiger partial charge in [0.1, 0.15) is 10.7 Å². The zero-order valence-electron chi connectivity index (χ0n) is 10.1. The fraction of sp³-hybridized carbons (Fsp3) is 0.167. The van der Waals surface area contributed by atoms with Crippen molar-refractivity contribution in [2.75, 3.05) is 5.75 Å². The number of hydrogen-bond donors (Lipinski definition) is 1. The Morgan fingerprint density at radius 2 is 2.21 bits per heavy atom. The van der Waals surface area contributed by atoms with Crippen molar-refractivity contribution in [1.82, 2.24) is 29.9 Å². The fourth-order valence-electron chi connectivity index (χ4n) is 1.73. The summed E-state index contributed by atoms with van der Waals surface area (Å²) in [4.78, 5) is 8.68. The summed E-state index contributed by atoms with van der Waals surface area (Å²) in [5.74, 6) is 1.80. The van der Waals surface area contributed by atoms with Gasteiger partial charge in [-0.05, 0) is 12.1 Å². The summed E-state index contributed by atoms with van der Waals surface area (Å²) in [6.07, 6.45) is 7.26. The Bertz CT molecular complexity index is 619. The quantitative estimate of drug-likeness (QED) is 0.718. The lowest BCUT2D eigenvalue weighted by Gasteiger charge is -2.06. The first-order chi connectivity index (χ1) is 9.43. The lowest BCUT2D eigenvalue weighted by Crippen LogP contribution is -2.02. The van der Waals surface area contributed by atoms with Crippen molar-refractivity contribution < 1.29 is 0 Å². The molecule has 19 heavy (non-hydrogen) atoms. The minimum Gasteiger partial charge on any atom is -0.329 e. The van der Waals surface area contributed by atoms with Gasteiger partial charge in [-0.2, -0.15) is 10.3 Å². The van der Waals surface area contributed by atoms with Crippen LogP contribution in [0.3, 0.4) is 0 Å². The van der Waals surface area contributed by atoms with E-state index in [-0.39, 0.29) is 0 Å². The first-order valence-corrected chi connectivity index (χ1v) is 6.83. The van der Waals surface area contributed by atoms with Crippen molar-refractivity contribution in [1.29, 1.82) is 0 Å². The maximum atomic E-state index is 4.36. The van der Waals surface area contributed by atoms with Gasteiger partial charge in [-0.15, -0.1) is 16.9 Å². The molecule has 6 nitrogen and oxygen atoms in total. The molecule has 3 aromatic heterocycles. The predicted octanol–water partition coefficient (Wildman–Crippen LogP) is 1.86. The van der Waals surface area contributed by atoms with Crippen LogP contribution in [0.25, 0.3) is 11.5 Å². The van der Waals surface area contributed by atoms with E-state index in [1.54, 1.807) is 30.4 Å². The summed E-state index contributed by atoms with van der Waals surface area (Å²) >= 11 is 1.66. The summed E-state index contributed by atoms with van der Waals surface area (Å²) in [5, 5.41) is 11.3. The molecule has 3 rings (SSSR count). The zero-order valence-corrected chi connectivity index (χ0v) is 10.9. The van der Waals surface area contributed by atoms with Crippen molar-refractivity contribution in [2.24, 2.45) is 0 Å². The maximum absolute atomic E-state index is 4.36. The average molecular weight is 272 g/mol. The van der Waals surface area contributed by atoms with Gasteiger partial charge in [0.25, 0.3) is 0 Å². The Labute approximate surface area is 114 Å². The van der Waals surface area contributed by atoms with Gasteiger partial charge in [0.05, 0.1) is 6.20 Å². The molecule has 0 spiro atoms. The van der Waals surface area contributed by atoms with E-state index in [9.17, 15) is 0 Å². The third-order valence-corrected chi connectivity index (χ3v) is 3.46. The molecule has 0 saturated heterocycles. The van der Waals surface area contributed by atoms with E-state index in [0.717, 1.165) is 28.8 Å². The van der Waals surface area contributed by atoms with Crippen LogP contribution in [-0.2, 0) is 6.54 Å². The summed E-state index contributed by atoms with van der Waals surface area (Å²) in [7, 11) is 0. The molecule has 7 heteroatoms. The van der Waals surface area contributed by atoms with E-state index in [1.165, 1.54) is 0 Å². The molecule has 0 aliphatic rings. The SMILES string of the molecule is c1ccc(-c2nccn2CCSc2cn[nH]n2)nc1. The number of H-pyrrole nitrogens is 1. The highest BCUT2D eigenvalue weighted by Gasteiger charge is 2.06. The standard InChI is InChI=1S/C12H12N6S/c1-2-4-13-10(3-1)12-14-5-6-18(12)7-8-19-11-9-15-17-16-11/h1-6,9H,7-8H2,(H,15,16,17). The Balaban J connectivity index is 1.67. The molecule has 0 amide bonds. The van der Waals surface area contributed by atoms with Crippen LogP contribution < -0.4 is 0 Å². The van der Waals surface area contributed by atoms with Gasteiger partial charge in [-0.25, -0.2) is 4.98 Å². The van der Waals surface area contributed by atoms with Crippen LogP contribution >= 0.6 is 11.8 Å². The van der Waals surface area contributed by atoms with Gasteiger partial charge in [-0.3, -0.25) is 4.98 Å². The normalized spacial score (nSPS) is 10.7. The molecule has 0 radical (unpaired) electrons. The lowest BCUT2D eigenvalue weighted by molar-refractivity contribution is 0.776. The van der Waals surface area contributed by atoms with Gasteiger partial charge in [-0.1, -0.05) is 6.07 Å². The van der Waals surface area contributed by atoms with Crippen molar-refractivity contribution in [2.45, 2.75) is 11.6 Å². The number of rotatable bonds is 5. The lowest BCUT2D eigenvalue weighted by atomic mass is 10.3. The van der Waals surface area contributed by atoms with E-state index in [4.69, 9.17) is 0 Å². The van der Waals surface area contributed by atoms with E-state index >= 15 is 0 Å². The largest absolute Gasteiger partial charge is 0.329 e. The molecule has 3 heterocycles. The van der Waals surface area contributed by atoms with Gasteiger partial charge < -0.3 is 4.57 Å². The second kappa shape index (κ2) is 5.66. The fourth-order valence-corrected chi connectivity index (χ4v) is 2.46. The van der Waals surface area contributed by atoms with E-state index in [0.29, 0.717) is 0 Å². The Hall–Kier alpha value is -2.15. The number of nitrogens with one attached hydrogen (secondary N) is 1. The second-order valence-corrected chi connectivity index (χ2v) is 4.93. The summed E-state index contributed by atoms with van der Waals surface area (Å²) < 4.78 is 2.09. The molecule has 0 aliphatic carbocycles.